The fraction of sp³-hybridized carbons (Fsp3) is 0.400. The molecule has 0 spiro atoms. The summed E-state index contributed by atoms with van der Waals surface area (Å²) in [5.74, 6) is -0.236. The van der Waals surface area contributed by atoms with Crippen LogP contribution in [0.2, 0.25) is 0 Å². The van der Waals surface area contributed by atoms with E-state index in [1.165, 1.54) is 12.1 Å². The average molecular weight is 293 g/mol. The van der Waals surface area contributed by atoms with Gasteiger partial charge in [-0.25, -0.2) is 9.37 Å². The van der Waals surface area contributed by atoms with Crippen LogP contribution in [-0.4, -0.2) is 17.6 Å². The zero-order valence-corrected chi connectivity index (χ0v) is 13.1. The van der Waals surface area contributed by atoms with Crippen LogP contribution >= 0.6 is 11.3 Å². The Hall–Kier alpha value is -1.46. The molecule has 0 fully saturated rings. The van der Waals surface area contributed by atoms with Crippen molar-refractivity contribution >= 4 is 22.2 Å². The maximum atomic E-state index is 13.2. The number of thiazole rings is 1. The Labute approximate surface area is 123 Å². The molecule has 0 aliphatic rings. The van der Waals surface area contributed by atoms with Gasteiger partial charge in [0.05, 0.1) is 0 Å². The molecule has 0 bridgehead atoms. The lowest BCUT2D eigenvalue weighted by Gasteiger charge is -2.19. The summed E-state index contributed by atoms with van der Waals surface area (Å²) in [4.78, 5) is 7.47. The SMILES string of the molecule is CN(c1cccc(F)c1)c1ncc(CNC(C)(C)C)s1. The Bertz CT molecular complexity index is 574. The van der Waals surface area contributed by atoms with Crippen molar-refractivity contribution < 1.29 is 4.39 Å². The Morgan fingerprint density at radius 2 is 2.10 bits per heavy atom. The number of aromatic nitrogens is 1. The second-order valence-corrected chi connectivity index (χ2v) is 6.85. The largest absolute Gasteiger partial charge is 0.321 e. The first-order valence-corrected chi connectivity index (χ1v) is 7.36. The lowest BCUT2D eigenvalue weighted by molar-refractivity contribution is 0.426. The van der Waals surface area contributed by atoms with Gasteiger partial charge in [0.2, 0.25) is 0 Å². The molecule has 3 nitrogen and oxygen atoms in total. The minimum Gasteiger partial charge on any atom is -0.321 e. The number of hydrogen-bond donors (Lipinski definition) is 1. The van der Waals surface area contributed by atoms with E-state index < -0.39 is 0 Å². The Balaban J connectivity index is 2.08. The molecule has 0 unspecified atom stereocenters. The van der Waals surface area contributed by atoms with E-state index in [4.69, 9.17) is 0 Å². The first-order chi connectivity index (χ1) is 9.35. The number of halogens is 1. The van der Waals surface area contributed by atoms with Crippen LogP contribution < -0.4 is 10.2 Å². The summed E-state index contributed by atoms with van der Waals surface area (Å²) in [6.07, 6.45) is 1.87. The third-order valence-corrected chi connectivity index (χ3v) is 3.89. The maximum absolute atomic E-state index is 13.2. The summed E-state index contributed by atoms with van der Waals surface area (Å²) in [7, 11) is 1.90. The van der Waals surface area contributed by atoms with E-state index in [2.05, 4.69) is 31.1 Å². The number of anilines is 2. The highest BCUT2D eigenvalue weighted by Gasteiger charge is 2.12. The number of rotatable bonds is 4. The maximum Gasteiger partial charge on any atom is 0.189 e. The molecule has 0 saturated heterocycles. The highest BCUT2D eigenvalue weighted by atomic mass is 32.1. The van der Waals surface area contributed by atoms with Gasteiger partial charge in [0, 0.05) is 35.9 Å². The van der Waals surface area contributed by atoms with E-state index >= 15 is 0 Å². The van der Waals surface area contributed by atoms with E-state index in [9.17, 15) is 4.39 Å². The molecule has 108 valence electrons. The molecule has 2 rings (SSSR count). The second-order valence-electron chi connectivity index (χ2n) is 5.75. The summed E-state index contributed by atoms with van der Waals surface area (Å²) >= 11 is 1.61. The third-order valence-electron chi connectivity index (χ3n) is 2.82. The van der Waals surface area contributed by atoms with Gasteiger partial charge in [-0.2, -0.15) is 0 Å². The molecule has 0 saturated carbocycles. The van der Waals surface area contributed by atoms with Crippen LogP contribution in [-0.2, 0) is 6.54 Å². The highest BCUT2D eigenvalue weighted by Crippen LogP contribution is 2.28. The average Bonchev–Trinajstić information content (AvgIpc) is 2.83. The van der Waals surface area contributed by atoms with Gasteiger partial charge >= 0.3 is 0 Å². The van der Waals surface area contributed by atoms with Crippen LogP contribution in [0.25, 0.3) is 0 Å². The lowest BCUT2D eigenvalue weighted by atomic mass is 10.1. The molecule has 0 atom stereocenters. The van der Waals surface area contributed by atoms with Gasteiger partial charge < -0.3 is 10.2 Å². The van der Waals surface area contributed by atoms with Gasteiger partial charge in [-0.3, -0.25) is 0 Å². The molecule has 20 heavy (non-hydrogen) atoms. The Morgan fingerprint density at radius 3 is 2.75 bits per heavy atom. The summed E-state index contributed by atoms with van der Waals surface area (Å²) in [5.41, 5.74) is 0.883. The summed E-state index contributed by atoms with van der Waals surface area (Å²) < 4.78 is 13.2. The van der Waals surface area contributed by atoms with Crippen molar-refractivity contribution in [2.75, 3.05) is 11.9 Å². The van der Waals surface area contributed by atoms with Gasteiger partial charge in [0.25, 0.3) is 0 Å². The first-order valence-electron chi connectivity index (χ1n) is 6.54. The molecule has 5 heteroatoms. The van der Waals surface area contributed by atoms with Crippen molar-refractivity contribution in [2.24, 2.45) is 0 Å². The van der Waals surface area contributed by atoms with Crippen LogP contribution in [0.15, 0.2) is 30.5 Å². The first kappa shape index (κ1) is 14.9. The van der Waals surface area contributed by atoms with Crippen molar-refractivity contribution in [1.82, 2.24) is 10.3 Å². The van der Waals surface area contributed by atoms with E-state index in [0.29, 0.717) is 0 Å². The quantitative estimate of drug-likeness (QED) is 0.925. The Kier molecular flexibility index (Phi) is 4.40. The van der Waals surface area contributed by atoms with Gasteiger partial charge in [-0.15, -0.1) is 11.3 Å². The van der Waals surface area contributed by atoms with E-state index in [-0.39, 0.29) is 11.4 Å². The van der Waals surface area contributed by atoms with Crippen molar-refractivity contribution in [2.45, 2.75) is 32.9 Å². The normalized spacial score (nSPS) is 11.7. The zero-order chi connectivity index (χ0) is 14.8. The van der Waals surface area contributed by atoms with E-state index in [1.54, 1.807) is 17.4 Å². The third kappa shape index (κ3) is 4.02. The molecule has 0 aliphatic heterocycles. The van der Waals surface area contributed by atoms with Crippen molar-refractivity contribution in [3.63, 3.8) is 0 Å². The molecule has 1 aromatic heterocycles. The van der Waals surface area contributed by atoms with E-state index in [0.717, 1.165) is 22.2 Å². The van der Waals surface area contributed by atoms with Gasteiger partial charge in [-0.1, -0.05) is 6.07 Å². The molecule has 0 radical (unpaired) electrons. The van der Waals surface area contributed by atoms with Crippen LogP contribution in [0.5, 0.6) is 0 Å². The zero-order valence-electron chi connectivity index (χ0n) is 12.3. The standard InChI is InChI=1S/C15H20FN3S/c1-15(2,3)18-10-13-9-17-14(20-13)19(4)12-7-5-6-11(16)8-12/h5-9,18H,10H2,1-4H3. The van der Waals surface area contributed by atoms with Crippen LogP contribution in [0.4, 0.5) is 15.2 Å². The van der Waals surface area contributed by atoms with Gasteiger partial charge in [-0.05, 0) is 39.0 Å². The molecule has 1 aromatic carbocycles. The highest BCUT2D eigenvalue weighted by molar-refractivity contribution is 7.15. The van der Waals surface area contributed by atoms with Crippen LogP contribution in [0, 0.1) is 5.82 Å². The molecular weight excluding hydrogens is 273 g/mol. The molecular formula is C15H20FN3S. The summed E-state index contributed by atoms with van der Waals surface area (Å²) in [6.45, 7) is 7.19. The van der Waals surface area contributed by atoms with Gasteiger partial charge in [0.15, 0.2) is 5.13 Å². The number of hydrogen-bond acceptors (Lipinski definition) is 4. The van der Waals surface area contributed by atoms with Crippen LogP contribution in [0.3, 0.4) is 0 Å². The molecule has 1 heterocycles. The summed E-state index contributed by atoms with van der Waals surface area (Å²) in [5, 5.41) is 4.29. The van der Waals surface area contributed by atoms with Crippen molar-refractivity contribution in [3.8, 4) is 0 Å². The van der Waals surface area contributed by atoms with Crippen molar-refractivity contribution in [1.29, 1.82) is 0 Å². The summed E-state index contributed by atoms with van der Waals surface area (Å²) in [6, 6.07) is 6.53. The fourth-order valence-corrected chi connectivity index (χ4v) is 2.51. The fourth-order valence-electron chi connectivity index (χ4n) is 1.68. The molecule has 2 aromatic rings. The number of nitrogens with zero attached hydrogens (tertiary/aromatic N) is 2. The topological polar surface area (TPSA) is 28.2 Å². The monoisotopic (exact) mass is 293 g/mol. The molecule has 0 amide bonds. The minimum absolute atomic E-state index is 0.0820. The number of nitrogens with one attached hydrogen (secondary N) is 1. The molecule has 1 N–H and O–H groups in total. The number of benzene rings is 1. The predicted octanol–water partition coefficient (Wildman–Crippen LogP) is 3.94. The minimum atomic E-state index is -0.236. The lowest BCUT2D eigenvalue weighted by Crippen LogP contribution is -2.34. The van der Waals surface area contributed by atoms with E-state index in [1.807, 2.05) is 24.2 Å². The van der Waals surface area contributed by atoms with Crippen LogP contribution in [0.1, 0.15) is 25.6 Å². The smallest absolute Gasteiger partial charge is 0.189 e. The van der Waals surface area contributed by atoms with Gasteiger partial charge in [0.1, 0.15) is 5.82 Å². The Morgan fingerprint density at radius 1 is 1.35 bits per heavy atom. The predicted molar refractivity (Wildman–Crippen MR) is 83.2 cm³/mol. The van der Waals surface area contributed by atoms with Crippen molar-refractivity contribution in [3.05, 3.63) is 41.2 Å². The molecule has 0 aliphatic carbocycles. The second kappa shape index (κ2) is 5.89.